The van der Waals surface area contributed by atoms with Crippen LogP contribution in [0.1, 0.15) is 0 Å². The lowest BCUT2D eigenvalue weighted by Gasteiger charge is -2.12. The second kappa shape index (κ2) is 6.92. The van der Waals surface area contributed by atoms with Gasteiger partial charge < -0.3 is 29.9 Å². The van der Waals surface area contributed by atoms with Crippen LogP contribution in [0, 0.1) is 0 Å². The number of phenolic OH excluding ortho intramolecular Hbond substituents is 5. The van der Waals surface area contributed by atoms with Crippen molar-refractivity contribution in [2.75, 3.05) is 0 Å². The van der Waals surface area contributed by atoms with Gasteiger partial charge in [0.05, 0.1) is 0 Å². The molecule has 32 heavy (non-hydrogen) atoms. The molecule has 0 radical (unpaired) electrons. The van der Waals surface area contributed by atoms with Gasteiger partial charge in [0, 0.05) is 46.5 Å². The minimum absolute atomic E-state index is 0.121. The highest BCUT2D eigenvalue weighted by Gasteiger charge is 2.18. The van der Waals surface area contributed by atoms with Crippen molar-refractivity contribution in [3.8, 4) is 62.5 Å². The van der Waals surface area contributed by atoms with Crippen molar-refractivity contribution in [1.82, 2.24) is 4.98 Å². The number of phenols is 5. The fraction of sp³-hybridized carbons (Fsp3) is 0. The third-order valence-electron chi connectivity index (χ3n) is 5.14. The number of hydrogen-bond donors (Lipinski definition) is 5. The van der Waals surface area contributed by atoms with Crippen molar-refractivity contribution in [3.05, 3.63) is 70.9 Å². The van der Waals surface area contributed by atoms with E-state index in [0.717, 1.165) is 12.1 Å². The molecule has 1 aliphatic carbocycles. The molecule has 5 N–H and O–H groups in total. The molecule has 158 valence electrons. The Kier molecular flexibility index (Phi) is 4.16. The summed E-state index contributed by atoms with van der Waals surface area (Å²) in [6.45, 7) is 0. The quantitative estimate of drug-likeness (QED) is 0.263. The Bertz CT molecular complexity index is 1550. The number of aromatic nitrogens is 1. The van der Waals surface area contributed by atoms with Gasteiger partial charge >= 0.3 is 0 Å². The second-order valence-electron chi connectivity index (χ2n) is 7.27. The van der Waals surface area contributed by atoms with Crippen LogP contribution < -0.4 is 5.43 Å². The SMILES string of the molecule is O=c1cc2oc3cc(O)c(-c4ccc(O)cc4O)cc3nc-2cc1-c1ccc(O)cc1O. The molecule has 0 atom stereocenters. The summed E-state index contributed by atoms with van der Waals surface area (Å²) in [5, 5.41) is 49.8. The van der Waals surface area contributed by atoms with Gasteiger partial charge in [-0.1, -0.05) is 0 Å². The molecular weight excluding hydrogens is 414 g/mol. The lowest BCUT2D eigenvalue weighted by atomic mass is 10.0. The molecule has 0 unspecified atom stereocenters. The molecule has 0 saturated carbocycles. The molecule has 0 bridgehead atoms. The predicted molar refractivity (Wildman–Crippen MR) is 116 cm³/mol. The molecule has 8 heteroatoms. The number of fused-ring (bicyclic) bond motifs is 2. The number of benzene rings is 4. The van der Waals surface area contributed by atoms with Crippen LogP contribution in [-0.2, 0) is 0 Å². The first-order chi connectivity index (χ1) is 15.3. The van der Waals surface area contributed by atoms with Gasteiger partial charge in [-0.2, -0.15) is 0 Å². The number of hydrogen-bond acceptors (Lipinski definition) is 8. The molecule has 3 aromatic rings. The summed E-state index contributed by atoms with van der Waals surface area (Å²) >= 11 is 0. The summed E-state index contributed by atoms with van der Waals surface area (Å²) in [5.41, 5.74) is 1.44. The Morgan fingerprint density at radius 2 is 1.22 bits per heavy atom. The average molecular weight is 429 g/mol. The molecular formula is C24H15NO7. The van der Waals surface area contributed by atoms with Crippen LogP contribution in [-0.4, -0.2) is 30.5 Å². The third-order valence-corrected chi connectivity index (χ3v) is 5.14. The molecule has 1 heterocycles. The van der Waals surface area contributed by atoms with E-state index in [1.807, 2.05) is 0 Å². The van der Waals surface area contributed by atoms with Crippen molar-refractivity contribution >= 4 is 11.1 Å². The molecule has 0 aromatic heterocycles. The van der Waals surface area contributed by atoms with Gasteiger partial charge in [0.1, 0.15) is 40.0 Å². The van der Waals surface area contributed by atoms with Crippen molar-refractivity contribution < 1.29 is 29.9 Å². The molecule has 0 saturated heterocycles. The van der Waals surface area contributed by atoms with Gasteiger partial charge in [0.15, 0.2) is 16.8 Å². The summed E-state index contributed by atoms with van der Waals surface area (Å²) in [5.74, 6) is -0.735. The zero-order chi connectivity index (χ0) is 22.6. The van der Waals surface area contributed by atoms with E-state index in [-0.39, 0.29) is 62.3 Å². The lowest BCUT2D eigenvalue weighted by Crippen LogP contribution is -2.06. The molecule has 5 rings (SSSR count). The maximum atomic E-state index is 12.6. The van der Waals surface area contributed by atoms with Gasteiger partial charge in [-0.25, -0.2) is 4.98 Å². The van der Waals surface area contributed by atoms with Crippen molar-refractivity contribution in [3.63, 3.8) is 0 Å². The lowest BCUT2D eigenvalue weighted by molar-refractivity contribution is 0.450. The summed E-state index contributed by atoms with van der Waals surface area (Å²) in [4.78, 5) is 17.1. The summed E-state index contributed by atoms with van der Waals surface area (Å²) in [6, 6.07) is 13.5. The standard InChI is InChI=1S/C24H15NO7/c26-11-1-3-13(19(28)5-11)15-7-17-23(9-21(15)30)32-24-10-22(31)16(8-18(24)25-17)14-4-2-12(27)6-20(14)29/h1-10,26-30H. The predicted octanol–water partition coefficient (Wildman–Crippen LogP) is 4.15. The van der Waals surface area contributed by atoms with E-state index in [9.17, 15) is 30.3 Å². The van der Waals surface area contributed by atoms with Gasteiger partial charge in [-0.3, -0.25) is 4.79 Å². The van der Waals surface area contributed by atoms with E-state index >= 15 is 0 Å². The van der Waals surface area contributed by atoms with Crippen LogP contribution in [0.25, 0.3) is 44.8 Å². The Morgan fingerprint density at radius 1 is 0.625 bits per heavy atom. The summed E-state index contributed by atoms with van der Waals surface area (Å²) in [6.07, 6.45) is 0. The van der Waals surface area contributed by atoms with E-state index in [1.165, 1.54) is 48.5 Å². The van der Waals surface area contributed by atoms with E-state index in [2.05, 4.69) is 4.98 Å². The van der Waals surface area contributed by atoms with Gasteiger partial charge in [-0.15, -0.1) is 0 Å². The Labute approximate surface area is 179 Å². The van der Waals surface area contributed by atoms with E-state index in [4.69, 9.17) is 4.42 Å². The second-order valence-corrected chi connectivity index (χ2v) is 7.27. The maximum Gasteiger partial charge on any atom is 0.190 e. The van der Waals surface area contributed by atoms with Gasteiger partial charge in [0.2, 0.25) is 0 Å². The normalized spacial score (nSPS) is 11.2. The summed E-state index contributed by atoms with van der Waals surface area (Å²) in [7, 11) is 0. The molecule has 8 nitrogen and oxygen atoms in total. The van der Waals surface area contributed by atoms with Crippen LogP contribution >= 0.6 is 0 Å². The first-order valence-electron chi connectivity index (χ1n) is 9.46. The molecule has 2 aliphatic rings. The monoisotopic (exact) mass is 429 g/mol. The van der Waals surface area contributed by atoms with E-state index in [0.29, 0.717) is 11.2 Å². The largest absolute Gasteiger partial charge is 0.508 e. The third kappa shape index (κ3) is 3.10. The highest BCUT2D eigenvalue weighted by Crippen LogP contribution is 2.40. The average Bonchev–Trinajstić information content (AvgIpc) is 2.72. The zero-order valence-corrected chi connectivity index (χ0v) is 16.3. The minimum Gasteiger partial charge on any atom is -0.508 e. The molecule has 0 amide bonds. The Morgan fingerprint density at radius 3 is 1.84 bits per heavy atom. The van der Waals surface area contributed by atoms with Crippen LogP contribution in [0.4, 0.5) is 0 Å². The molecule has 0 fully saturated rings. The zero-order valence-electron chi connectivity index (χ0n) is 16.3. The topological polar surface area (TPSA) is 144 Å². The van der Waals surface area contributed by atoms with E-state index < -0.39 is 5.43 Å². The van der Waals surface area contributed by atoms with Crippen molar-refractivity contribution in [1.29, 1.82) is 0 Å². The van der Waals surface area contributed by atoms with Crippen LogP contribution in [0.3, 0.4) is 0 Å². The number of nitrogens with zero attached hydrogens (tertiary/aromatic N) is 1. The first kappa shape index (κ1) is 19.3. The fourth-order valence-electron chi connectivity index (χ4n) is 3.62. The van der Waals surface area contributed by atoms with Crippen molar-refractivity contribution in [2.45, 2.75) is 0 Å². The highest BCUT2D eigenvalue weighted by atomic mass is 16.3. The molecule has 0 spiro atoms. The maximum absolute atomic E-state index is 12.6. The fourth-order valence-corrected chi connectivity index (χ4v) is 3.62. The highest BCUT2D eigenvalue weighted by molar-refractivity contribution is 5.88. The first-order valence-corrected chi connectivity index (χ1v) is 9.46. The number of aromatic hydroxyl groups is 5. The van der Waals surface area contributed by atoms with E-state index in [1.54, 1.807) is 0 Å². The minimum atomic E-state index is -0.418. The summed E-state index contributed by atoms with van der Waals surface area (Å²) < 4.78 is 5.76. The molecule has 3 aromatic carbocycles. The molecule has 1 aliphatic heterocycles. The Hall–Kier alpha value is -4.72. The van der Waals surface area contributed by atoms with Crippen LogP contribution in [0.15, 0.2) is 69.9 Å². The number of rotatable bonds is 2. The Balaban J connectivity index is 1.73. The van der Waals surface area contributed by atoms with Gasteiger partial charge in [0.25, 0.3) is 0 Å². The van der Waals surface area contributed by atoms with Crippen LogP contribution in [0.2, 0.25) is 0 Å². The van der Waals surface area contributed by atoms with Crippen molar-refractivity contribution in [2.24, 2.45) is 0 Å². The smallest absolute Gasteiger partial charge is 0.190 e. The van der Waals surface area contributed by atoms with Crippen LogP contribution in [0.5, 0.6) is 28.7 Å². The van der Waals surface area contributed by atoms with Gasteiger partial charge in [-0.05, 0) is 36.4 Å².